The fourth-order valence-electron chi connectivity index (χ4n) is 1.21. The number of rotatable bonds is 6. The van der Waals surface area contributed by atoms with Crippen LogP contribution in [-0.4, -0.2) is 26.0 Å². The molecule has 1 aromatic rings. The number of hydrogen-bond acceptors (Lipinski definition) is 3. The summed E-state index contributed by atoms with van der Waals surface area (Å²) in [5.74, 6) is -0.946. The first kappa shape index (κ1) is 15.6. The number of sulfonamides is 1. The lowest BCUT2D eigenvalue weighted by Gasteiger charge is -2.08. The molecule has 18 heavy (non-hydrogen) atoms. The number of halogens is 2. The van der Waals surface area contributed by atoms with Crippen molar-refractivity contribution in [1.29, 1.82) is 0 Å². The van der Waals surface area contributed by atoms with Gasteiger partial charge in [-0.05, 0) is 40.5 Å². The summed E-state index contributed by atoms with van der Waals surface area (Å²) in [6.07, 6.45) is 0.183. The van der Waals surface area contributed by atoms with E-state index in [4.69, 9.17) is 5.11 Å². The van der Waals surface area contributed by atoms with Crippen molar-refractivity contribution in [2.45, 2.75) is 17.7 Å². The zero-order chi connectivity index (χ0) is 13.8. The van der Waals surface area contributed by atoms with E-state index in [2.05, 4.69) is 36.6 Å². The molecular weight excluding hydrogens is 390 g/mol. The van der Waals surface area contributed by atoms with Gasteiger partial charge >= 0.3 is 5.97 Å². The average Bonchev–Trinajstić information content (AvgIpc) is 2.27. The number of nitrogens with one attached hydrogen (secondary N) is 1. The summed E-state index contributed by atoms with van der Waals surface area (Å²) in [5, 5.41) is 8.45. The number of carboxylic acids is 1. The van der Waals surface area contributed by atoms with Crippen LogP contribution in [0.4, 0.5) is 0 Å². The van der Waals surface area contributed by atoms with Crippen LogP contribution in [-0.2, 0) is 14.8 Å². The van der Waals surface area contributed by atoms with E-state index in [1.54, 1.807) is 12.1 Å². The molecule has 0 radical (unpaired) electrons. The van der Waals surface area contributed by atoms with E-state index in [9.17, 15) is 13.2 Å². The molecule has 0 unspecified atom stereocenters. The molecule has 0 aromatic heterocycles. The van der Waals surface area contributed by atoms with Crippen molar-refractivity contribution in [3.63, 3.8) is 0 Å². The number of aliphatic carboxylic acids is 1. The largest absolute Gasteiger partial charge is 0.481 e. The van der Waals surface area contributed by atoms with Crippen molar-refractivity contribution in [3.05, 3.63) is 27.1 Å². The number of carboxylic acid groups (broad SMARTS) is 1. The zero-order valence-electron chi connectivity index (χ0n) is 9.19. The maximum absolute atomic E-state index is 11.9. The Kier molecular flexibility index (Phi) is 5.77. The lowest BCUT2D eigenvalue weighted by molar-refractivity contribution is -0.137. The summed E-state index contributed by atoms with van der Waals surface area (Å²) in [6.45, 7) is 0.0909. The van der Waals surface area contributed by atoms with Gasteiger partial charge in [0.05, 0.1) is 4.90 Å². The van der Waals surface area contributed by atoms with Crippen LogP contribution in [0.15, 0.2) is 32.0 Å². The molecule has 0 saturated carbocycles. The highest BCUT2D eigenvalue weighted by Gasteiger charge is 2.17. The van der Waals surface area contributed by atoms with Gasteiger partial charge < -0.3 is 5.11 Å². The Bertz CT molecular complexity index is 545. The van der Waals surface area contributed by atoms with Crippen molar-refractivity contribution < 1.29 is 18.3 Å². The third-order valence-corrected chi connectivity index (χ3v) is 4.99. The molecule has 1 aromatic carbocycles. The molecule has 0 spiro atoms. The highest BCUT2D eigenvalue weighted by atomic mass is 79.9. The van der Waals surface area contributed by atoms with Gasteiger partial charge in [-0.15, -0.1) is 0 Å². The number of hydrogen-bond donors (Lipinski definition) is 2. The van der Waals surface area contributed by atoms with Crippen LogP contribution in [0.25, 0.3) is 0 Å². The molecule has 0 heterocycles. The maximum atomic E-state index is 11.9. The summed E-state index contributed by atoms with van der Waals surface area (Å²) in [5.41, 5.74) is 0. The summed E-state index contributed by atoms with van der Waals surface area (Å²) in [7, 11) is -3.63. The molecular formula is C10H11Br2NO4S. The number of benzene rings is 1. The first-order valence-electron chi connectivity index (χ1n) is 4.99. The second-order valence-corrected chi connectivity index (χ2v) is 6.98. The summed E-state index contributed by atoms with van der Waals surface area (Å²) in [4.78, 5) is 10.4. The highest BCUT2D eigenvalue weighted by molar-refractivity contribution is 9.11. The van der Waals surface area contributed by atoms with E-state index >= 15 is 0 Å². The van der Waals surface area contributed by atoms with Crippen molar-refractivity contribution in [2.75, 3.05) is 6.54 Å². The minimum atomic E-state index is -3.63. The second-order valence-electron chi connectivity index (χ2n) is 3.47. The van der Waals surface area contributed by atoms with Crippen LogP contribution in [0.1, 0.15) is 12.8 Å². The summed E-state index contributed by atoms with van der Waals surface area (Å²) in [6, 6.07) is 4.81. The predicted octanol–water partition coefficient (Wildman–Crippen LogP) is 2.35. The third-order valence-electron chi connectivity index (χ3n) is 2.04. The Morgan fingerprint density at radius 3 is 2.61 bits per heavy atom. The molecule has 0 aliphatic heterocycles. The van der Waals surface area contributed by atoms with E-state index in [0.29, 0.717) is 8.95 Å². The van der Waals surface area contributed by atoms with Crippen LogP contribution < -0.4 is 4.72 Å². The molecule has 0 bridgehead atoms. The second kappa shape index (κ2) is 6.65. The van der Waals surface area contributed by atoms with Gasteiger partial charge in [-0.1, -0.05) is 15.9 Å². The van der Waals surface area contributed by atoms with Crippen molar-refractivity contribution in [3.8, 4) is 0 Å². The first-order valence-corrected chi connectivity index (χ1v) is 8.06. The van der Waals surface area contributed by atoms with E-state index in [-0.39, 0.29) is 24.3 Å². The third kappa shape index (κ3) is 4.68. The molecule has 0 fully saturated rings. The summed E-state index contributed by atoms with van der Waals surface area (Å²) < 4.78 is 27.3. The highest BCUT2D eigenvalue weighted by Crippen LogP contribution is 2.25. The summed E-state index contributed by atoms with van der Waals surface area (Å²) >= 11 is 6.36. The van der Waals surface area contributed by atoms with E-state index in [1.165, 1.54) is 6.07 Å². The first-order chi connectivity index (χ1) is 8.33. The van der Waals surface area contributed by atoms with Gasteiger partial charge in [-0.25, -0.2) is 13.1 Å². The van der Waals surface area contributed by atoms with Gasteiger partial charge in [0.1, 0.15) is 0 Å². The van der Waals surface area contributed by atoms with Gasteiger partial charge in [-0.2, -0.15) is 0 Å². The predicted molar refractivity (Wildman–Crippen MR) is 73.9 cm³/mol. The Balaban J connectivity index is 2.74. The zero-order valence-corrected chi connectivity index (χ0v) is 13.2. The van der Waals surface area contributed by atoms with Gasteiger partial charge in [0.15, 0.2) is 0 Å². The lowest BCUT2D eigenvalue weighted by atomic mass is 10.3. The SMILES string of the molecule is O=C(O)CCCNS(=O)(=O)c1cc(Br)ccc1Br. The molecule has 100 valence electrons. The molecule has 2 N–H and O–H groups in total. The van der Waals surface area contributed by atoms with Crippen LogP contribution >= 0.6 is 31.9 Å². The molecule has 0 saturated heterocycles. The topological polar surface area (TPSA) is 83.5 Å². The fraction of sp³-hybridized carbons (Fsp3) is 0.300. The van der Waals surface area contributed by atoms with Gasteiger partial charge in [0.2, 0.25) is 10.0 Å². The minimum Gasteiger partial charge on any atom is -0.481 e. The van der Waals surface area contributed by atoms with Crippen molar-refractivity contribution in [2.24, 2.45) is 0 Å². The maximum Gasteiger partial charge on any atom is 0.303 e. The monoisotopic (exact) mass is 399 g/mol. The Hall–Kier alpha value is -0.440. The molecule has 0 amide bonds. The van der Waals surface area contributed by atoms with Crippen molar-refractivity contribution >= 4 is 47.9 Å². The quantitative estimate of drug-likeness (QED) is 0.718. The van der Waals surface area contributed by atoms with Crippen LogP contribution in [0.2, 0.25) is 0 Å². The number of carbonyl (C=O) groups is 1. The van der Waals surface area contributed by atoms with Crippen LogP contribution in [0.3, 0.4) is 0 Å². The standard InChI is InChI=1S/C10H11Br2NO4S/c11-7-3-4-8(12)9(6-7)18(16,17)13-5-1-2-10(14)15/h3-4,6,13H,1-2,5H2,(H,14,15). The van der Waals surface area contributed by atoms with E-state index in [1.807, 2.05) is 0 Å². The Morgan fingerprint density at radius 2 is 2.00 bits per heavy atom. The van der Waals surface area contributed by atoms with Gasteiger partial charge in [-0.3, -0.25) is 4.79 Å². The Morgan fingerprint density at radius 1 is 1.33 bits per heavy atom. The lowest BCUT2D eigenvalue weighted by Crippen LogP contribution is -2.25. The smallest absolute Gasteiger partial charge is 0.303 e. The average molecular weight is 401 g/mol. The molecule has 5 nitrogen and oxygen atoms in total. The molecule has 0 aliphatic rings. The fourth-order valence-corrected chi connectivity index (χ4v) is 3.78. The van der Waals surface area contributed by atoms with E-state index in [0.717, 1.165) is 0 Å². The van der Waals surface area contributed by atoms with Gasteiger partial charge in [0.25, 0.3) is 0 Å². The van der Waals surface area contributed by atoms with Gasteiger partial charge in [0, 0.05) is 21.9 Å². The molecule has 0 aliphatic carbocycles. The molecule has 0 atom stereocenters. The Labute approximate surface area is 122 Å². The van der Waals surface area contributed by atoms with Crippen LogP contribution in [0.5, 0.6) is 0 Å². The molecule has 8 heteroatoms. The normalized spacial score (nSPS) is 11.4. The minimum absolute atomic E-state index is 0.0673. The van der Waals surface area contributed by atoms with E-state index < -0.39 is 16.0 Å². The van der Waals surface area contributed by atoms with Crippen molar-refractivity contribution in [1.82, 2.24) is 4.72 Å². The molecule has 1 rings (SSSR count). The van der Waals surface area contributed by atoms with Crippen LogP contribution in [0, 0.1) is 0 Å².